The van der Waals surface area contributed by atoms with E-state index in [0.717, 1.165) is 37.3 Å². The van der Waals surface area contributed by atoms with Crippen molar-refractivity contribution in [2.24, 2.45) is 13.0 Å². The lowest BCUT2D eigenvalue weighted by molar-refractivity contribution is -0.145. The van der Waals surface area contributed by atoms with Crippen LogP contribution in [0.15, 0.2) is 23.0 Å². The van der Waals surface area contributed by atoms with Crippen LogP contribution in [0.4, 0.5) is 0 Å². The topological polar surface area (TPSA) is 78.6 Å². The Kier molecular flexibility index (Phi) is 4.69. The molecule has 2 aromatic rings. The quantitative estimate of drug-likeness (QED) is 0.742. The molecular formula is C22H28N4O4. The van der Waals surface area contributed by atoms with E-state index in [1.807, 2.05) is 11.0 Å². The van der Waals surface area contributed by atoms with E-state index in [1.54, 1.807) is 18.7 Å². The van der Waals surface area contributed by atoms with E-state index in [4.69, 9.17) is 9.47 Å². The number of likely N-dealkylation sites (tertiary alicyclic amines) is 1. The SMILES string of the molecule is COc1ccc2c(c1)CCOC21CCN(C(=O)C2CCc3nn(C)c(=O)n3C2)CC1. The van der Waals surface area contributed by atoms with Gasteiger partial charge in [-0.2, -0.15) is 5.10 Å². The largest absolute Gasteiger partial charge is 0.497 e. The van der Waals surface area contributed by atoms with Crippen LogP contribution in [-0.2, 0) is 41.6 Å². The van der Waals surface area contributed by atoms with Gasteiger partial charge in [0.05, 0.1) is 25.2 Å². The van der Waals surface area contributed by atoms with Crippen molar-refractivity contribution < 1.29 is 14.3 Å². The summed E-state index contributed by atoms with van der Waals surface area (Å²) in [4.78, 5) is 27.4. The monoisotopic (exact) mass is 412 g/mol. The molecular weight excluding hydrogens is 384 g/mol. The number of carbonyl (C=O) groups excluding carboxylic acids is 1. The molecule has 0 N–H and O–H groups in total. The fourth-order valence-electron chi connectivity index (χ4n) is 5.28. The molecule has 1 spiro atoms. The number of methoxy groups -OCH3 is 1. The molecule has 8 nitrogen and oxygen atoms in total. The molecule has 1 aromatic heterocycles. The first-order chi connectivity index (χ1) is 14.5. The lowest BCUT2D eigenvalue weighted by Gasteiger charge is -2.45. The van der Waals surface area contributed by atoms with E-state index >= 15 is 0 Å². The van der Waals surface area contributed by atoms with Crippen molar-refractivity contribution in [2.45, 2.75) is 44.2 Å². The van der Waals surface area contributed by atoms with E-state index in [2.05, 4.69) is 17.2 Å². The lowest BCUT2D eigenvalue weighted by Crippen LogP contribution is -2.50. The Morgan fingerprint density at radius 1 is 1.27 bits per heavy atom. The molecule has 5 rings (SSSR count). The minimum atomic E-state index is -0.309. The average molecular weight is 412 g/mol. The minimum Gasteiger partial charge on any atom is -0.497 e. The maximum Gasteiger partial charge on any atom is 0.345 e. The number of amides is 1. The van der Waals surface area contributed by atoms with Gasteiger partial charge in [0, 0.05) is 33.1 Å². The van der Waals surface area contributed by atoms with Crippen molar-refractivity contribution in [1.82, 2.24) is 19.2 Å². The van der Waals surface area contributed by atoms with Crippen LogP contribution in [0, 0.1) is 5.92 Å². The molecule has 1 atom stereocenters. The van der Waals surface area contributed by atoms with Crippen molar-refractivity contribution in [1.29, 1.82) is 0 Å². The van der Waals surface area contributed by atoms with Crippen LogP contribution in [0.1, 0.15) is 36.2 Å². The summed E-state index contributed by atoms with van der Waals surface area (Å²) in [5.41, 5.74) is 2.08. The number of hydrogen-bond donors (Lipinski definition) is 0. The molecule has 3 aliphatic rings. The van der Waals surface area contributed by atoms with Crippen LogP contribution in [0.2, 0.25) is 0 Å². The van der Waals surface area contributed by atoms with E-state index in [0.29, 0.717) is 32.7 Å². The van der Waals surface area contributed by atoms with Gasteiger partial charge < -0.3 is 14.4 Å². The molecule has 30 heavy (non-hydrogen) atoms. The zero-order valence-electron chi connectivity index (χ0n) is 17.6. The molecule has 0 saturated carbocycles. The van der Waals surface area contributed by atoms with Crippen LogP contribution in [0.25, 0.3) is 0 Å². The fraction of sp³-hybridized carbons (Fsp3) is 0.591. The highest BCUT2D eigenvalue weighted by Gasteiger charge is 2.43. The van der Waals surface area contributed by atoms with Crippen molar-refractivity contribution in [3.05, 3.63) is 45.6 Å². The molecule has 1 fully saturated rings. The highest BCUT2D eigenvalue weighted by Crippen LogP contribution is 2.42. The summed E-state index contributed by atoms with van der Waals surface area (Å²) >= 11 is 0. The molecule has 0 radical (unpaired) electrons. The fourth-order valence-corrected chi connectivity index (χ4v) is 5.28. The van der Waals surface area contributed by atoms with E-state index in [9.17, 15) is 9.59 Å². The Morgan fingerprint density at radius 2 is 2.07 bits per heavy atom. The number of nitrogens with zero attached hydrogens (tertiary/aromatic N) is 4. The number of rotatable bonds is 2. The Morgan fingerprint density at radius 3 is 2.83 bits per heavy atom. The van der Waals surface area contributed by atoms with Crippen LogP contribution >= 0.6 is 0 Å². The van der Waals surface area contributed by atoms with Gasteiger partial charge in [-0.3, -0.25) is 9.36 Å². The number of benzene rings is 1. The second-order valence-electron chi connectivity index (χ2n) is 8.61. The van der Waals surface area contributed by atoms with Gasteiger partial charge in [-0.25, -0.2) is 9.48 Å². The van der Waals surface area contributed by atoms with Gasteiger partial charge in [-0.05, 0) is 48.9 Å². The minimum absolute atomic E-state index is 0.136. The number of aromatic nitrogens is 3. The van der Waals surface area contributed by atoms with Gasteiger partial charge in [0.2, 0.25) is 5.91 Å². The van der Waals surface area contributed by atoms with E-state index in [-0.39, 0.29) is 23.1 Å². The number of fused-ring (bicyclic) bond motifs is 3. The highest BCUT2D eigenvalue weighted by molar-refractivity contribution is 5.79. The Bertz CT molecular complexity index is 1030. The van der Waals surface area contributed by atoms with Gasteiger partial charge >= 0.3 is 5.69 Å². The van der Waals surface area contributed by atoms with Gasteiger partial charge in [-0.15, -0.1) is 0 Å². The van der Waals surface area contributed by atoms with Gasteiger partial charge in [0.25, 0.3) is 0 Å². The summed E-state index contributed by atoms with van der Waals surface area (Å²) in [5, 5.41) is 4.26. The molecule has 0 aliphatic carbocycles. The molecule has 1 unspecified atom stereocenters. The zero-order chi connectivity index (χ0) is 20.9. The van der Waals surface area contributed by atoms with Crippen LogP contribution in [0.5, 0.6) is 5.75 Å². The predicted octanol–water partition coefficient (Wildman–Crippen LogP) is 1.24. The smallest absolute Gasteiger partial charge is 0.345 e. The van der Waals surface area contributed by atoms with Crippen LogP contribution in [-0.4, -0.2) is 52.0 Å². The number of aryl methyl sites for hydroxylation is 2. The van der Waals surface area contributed by atoms with Crippen molar-refractivity contribution in [3.8, 4) is 5.75 Å². The molecule has 4 heterocycles. The summed E-state index contributed by atoms with van der Waals surface area (Å²) in [6.07, 6.45) is 3.89. The maximum atomic E-state index is 13.2. The zero-order valence-corrected chi connectivity index (χ0v) is 17.6. The van der Waals surface area contributed by atoms with Crippen molar-refractivity contribution >= 4 is 5.91 Å². The van der Waals surface area contributed by atoms with Crippen molar-refractivity contribution in [2.75, 3.05) is 26.8 Å². The summed E-state index contributed by atoms with van der Waals surface area (Å²) in [5.74, 6) is 1.65. The average Bonchev–Trinajstić information content (AvgIpc) is 3.07. The molecule has 1 amide bonds. The van der Waals surface area contributed by atoms with Crippen LogP contribution in [0.3, 0.4) is 0 Å². The lowest BCUT2D eigenvalue weighted by atomic mass is 9.79. The second-order valence-corrected chi connectivity index (χ2v) is 8.61. The van der Waals surface area contributed by atoms with Gasteiger partial charge in [0.1, 0.15) is 11.6 Å². The second kappa shape index (κ2) is 7.27. The highest BCUT2D eigenvalue weighted by atomic mass is 16.5. The summed E-state index contributed by atoms with van der Waals surface area (Å²) in [6, 6.07) is 6.24. The third-order valence-electron chi connectivity index (χ3n) is 6.99. The van der Waals surface area contributed by atoms with Gasteiger partial charge in [-0.1, -0.05) is 6.07 Å². The van der Waals surface area contributed by atoms with E-state index < -0.39 is 0 Å². The Balaban J connectivity index is 1.29. The molecule has 1 aromatic carbocycles. The van der Waals surface area contributed by atoms with Crippen LogP contribution < -0.4 is 10.4 Å². The molecule has 1 saturated heterocycles. The first kappa shape index (κ1) is 19.4. The number of carbonyl (C=O) groups is 1. The van der Waals surface area contributed by atoms with E-state index in [1.165, 1.54) is 15.8 Å². The first-order valence-corrected chi connectivity index (χ1v) is 10.7. The summed E-state index contributed by atoms with van der Waals surface area (Å²) in [6.45, 7) is 2.48. The molecule has 0 bridgehead atoms. The third kappa shape index (κ3) is 3.05. The molecule has 3 aliphatic heterocycles. The Labute approximate surface area is 175 Å². The third-order valence-corrected chi connectivity index (χ3v) is 6.99. The predicted molar refractivity (Wildman–Crippen MR) is 109 cm³/mol. The molecule has 160 valence electrons. The van der Waals surface area contributed by atoms with Gasteiger partial charge in [0.15, 0.2) is 0 Å². The first-order valence-electron chi connectivity index (χ1n) is 10.7. The Hall–Kier alpha value is -2.61. The number of ether oxygens (including phenoxy) is 2. The standard InChI is InChI=1S/C22H28N4O4/c1-24-21(28)26-14-16(3-6-19(26)23-24)20(27)25-10-8-22(9-11-25)18-5-4-17(29-2)13-15(18)7-12-30-22/h4-5,13,16H,3,6-12,14H2,1-2H3. The normalized spacial score (nSPS) is 22.5. The maximum absolute atomic E-state index is 13.2. The summed E-state index contributed by atoms with van der Waals surface area (Å²) < 4.78 is 14.7. The number of hydrogen-bond acceptors (Lipinski definition) is 5. The van der Waals surface area contributed by atoms with Crippen molar-refractivity contribution in [3.63, 3.8) is 0 Å². The summed E-state index contributed by atoms with van der Waals surface area (Å²) in [7, 11) is 3.35. The molecule has 8 heteroatoms. The number of piperidine rings is 1.